The van der Waals surface area contributed by atoms with Crippen molar-refractivity contribution >= 4 is 35.1 Å². The van der Waals surface area contributed by atoms with Gasteiger partial charge in [-0.25, -0.2) is 0 Å². The molecule has 3 aromatic rings. The van der Waals surface area contributed by atoms with Gasteiger partial charge in [-0.1, -0.05) is 59.1 Å². The highest BCUT2D eigenvalue weighted by Gasteiger charge is 2.33. The van der Waals surface area contributed by atoms with Gasteiger partial charge in [0.05, 0.1) is 5.56 Å². The summed E-state index contributed by atoms with van der Waals surface area (Å²) in [7, 11) is 0. The van der Waals surface area contributed by atoms with Gasteiger partial charge in [-0.3, -0.25) is 4.79 Å². The zero-order chi connectivity index (χ0) is 19.0. The molecule has 134 valence electrons. The monoisotopic (exact) mass is 394 g/mol. The Morgan fingerprint density at radius 1 is 0.889 bits per heavy atom. The molecule has 0 amide bonds. The third-order valence-corrected chi connectivity index (χ3v) is 5.04. The number of hydrogen-bond donors (Lipinski definition) is 0. The van der Waals surface area contributed by atoms with Gasteiger partial charge in [0, 0.05) is 15.6 Å². The number of rotatable bonds is 2. The van der Waals surface area contributed by atoms with Crippen molar-refractivity contribution in [2.24, 2.45) is 0 Å². The fourth-order valence-corrected chi connectivity index (χ4v) is 3.41. The molecular weight excluding hydrogens is 379 g/mol. The minimum atomic E-state index is -0.499. The summed E-state index contributed by atoms with van der Waals surface area (Å²) in [5, 5.41) is 1.29. The Morgan fingerprint density at radius 3 is 2.19 bits per heavy atom. The smallest absolute Gasteiger partial charge is 0.196 e. The van der Waals surface area contributed by atoms with Gasteiger partial charge in [0.25, 0.3) is 0 Å². The SMILES string of the molecule is Cc1ccc2c(c1)C(=O)/C(=C\c1ccc(Cl)cc1)C(c1ccc(Cl)cc1)O2. The number of aryl methyl sites for hydroxylation is 1. The largest absolute Gasteiger partial charge is 0.480 e. The molecule has 1 aliphatic rings. The summed E-state index contributed by atoms with van der Waals surface area (Å²) in [6.07, 6.45) is 1.36. The van der Waals surface area contributed by atoms with E-state index in [1.165, 1.54) is 0 Å². The van der Waals surface area contributed by atoms with Crippen LogP contribution in [0.15, 0.2) is 72.3 Å². The fourth-order valence-electron chi connectivity index (χ4n) is 3.15. The second-order valence-electron chi connectivity index (χ2n) is 6.53. The Bertz CT molecular complexity index is 1030. The molecule has 0 bridgehead atoms. The highest BCUT2D eigenvalue weighted by atomic mass is 35.5. The first-order chi connectivity index (χ1) is 13.0. The second-order valence-corrected chi connectivity index (χ2v) is 7.40. The molecule has 1 unspecified atom stereocenters. The van der Waals surface area contributed by atoms with Gasteiger partial charge in [0.2, 0.25) is 0 Å². The predicted molar refractivity (Wildman–Crippen MR) is 110 cm³/mol. The second kappa shape index (κ2) is 7.22. The number of fused-ring (bicyclic) bond motifs is 1. The summed E-state index contributed by atoms with van der Waals surface area (Å²) in [4.78, 5) is 13.3. The molecule has 0 fully saturated rings. The average Bonchev–Trinajstić information content (AvgIpc) is 2.67. The van der Waals surface area contributed by atoms with Gasteiger partial charge in [-0.2, -0.15) is 0 Å². The van der Waals surface area contributed by atoms with Gasteiger partial charge in [0.15, 0.2) is 11.9 Å². The van der Waals surface area contributed by atoms with Crippen LogP contribution < -0.4 is 4.74 Å². The van der Waals surface area contributed by atoms with Crippen molar-refractivity contribution in [3.8, 4) is 5.75 Å². The van der Waals surface area contributed by atoms with Crippen LogP contribution in [0.4, 0.5) is 0 Å². The predicted octanol–water partition coefficient (Wildman–Crippen LogP) is 6.70. The van der Waals surface area contributed by atoms with Gasteiger partial charge in [-0.05, 0) is 60.5 Å². The van der Waals surface area contributed by atoms with E-state index >= 15 is 0 Å². The first-order valence-corrected chi connectivity index (χ1v) is 9.31. The van der Waals surface area contributed by atoms with E-state index in [2.05, 4.69) is 0 Å². The Labute approximate surface area is 168 Å². The maximum Gasteiger partial charge on any atom is 0.196 e. The Morgan fingerprint density at radius 2 is 1.52 bits per heavy atom. The number of ketones is 1. The normalized spacial score (nSPS) is 17.5. The summed E-state index contributed by atoms with van der Waals surface area (Å²) in [5.74, 6) is 0.564. The van der Waals surface area contributed by atoms with Crippen molar-refractivity contribution < 1.29 is 9.53 Å². The van der Waals surface area contributed by atoms with Gasteiger partial charge in [-0.15, -0.1) is 0 Å². The number of hydrogen-bond acceptors (Lipinski definition) is 2. The topological polar surface area (TPSA) is 26.3 Å². The van der Waals surface area contributed by atoms with E-state index in [0.29, 0.717) is 26.9 Å². The van der Waals surface area contributed by atoms with E-state index in [0.717, 1.165) is 16.7 Å². The molecule has 4 heteroatoms. The maximum absolute atomic E-state index is 13.3. The first-order valence-electron chi connectivity index (χ1n) is 8.56. The van der Waals surface area contributed by atoms with Crippen LogP contribution in [0.1, 0.15) is 33.2 Å². The maximum atomic E-state index is 13.3. The zero-order valence-electron chi connectivity index (χ0n) is 14.6. The average molecular weight is 395 g/mol. The van der Waals surface area contributed by atoms with Crippen molar-refractivity contribution in [2.75, 3.05) is 0 Å². The quantitative estimate of drug-likeness (QED) is 0.451. The zero-order valence-corrected chi connectivity index (χ0v) is 16.1. The minimum absolute atomic E-state index is 0.0325. The van der Waals surface area contributed by atoms with Crippen LogP contribution >= 0.6 is 23.2 Å². The number of halogens is 2. The van der Waals surface area contributed by atoms with Crippen molar-refractivity contribution in [3.05, 3.63) is 105 Å². The lowest BCUT2D eigenvalue weighted by Gasteiger charge is -2.28. The Kier molecular flexibility index (Phi) is 4.77. The molecule has 0 spiro atoms. The molecule has 3 aromatic carbocycles. The number of carbonyl (C=O) groups is 1. The Hall–Kier alpha value is -2.55. The van der Waals surface area contributed by atoms with Crippen LogP contribution in [-0.4, -0.2) is 5.78 Å². The summed E-state index contributed by atoms with van der Waals surface area (Å²) in [6, 6.07) is 20.4. The highest BCUT2D eigenvalue weighted by Crippen LogP contribution is 2.40. The van der Waals surface area contributed by atoms with Crippen LogP contribution in [0.2, 0.25) is 10.0 Å². The highest BCUT2D eigenvalue weighted by molar-refractivity contribution is 6.30. The standard InChI is InChI=1S/C23H16Cl2O2/c1-14-2-11-21-19(12-14)22(26)20(13-15-3-7-17(24)8-4-15)23(27-21)16-5-9-18(25)10-6-16/h2-13,23H,1H3/b20-13+. The van der Waals surface area contributed by atoms with E-state index in [9.17, 15) is 4.79 Å². The molecule has 4 rings (SSSR count). The molecule has 1 aliphatic heterocycles. The van der Waals surface area contributed by atoms with Gasteiger partial charge in [0.1, 0.15) is 5.75 Å². The molecule has 0 aromatic heterocycles. The van der Waals surface area contributed by atoms with Crippen LogP contribution in [0.3, 0.4) is 0 Å². The Balaban J connectivity index is 1.85. The van der Waals surface area contributed by atoms with Crippen molar-refractivity contribution in [2.45, 2.75) is 13.0 Å². The van der Waals surface area contributed by atoms with E-state index in [1.807, 2.05) is 55.5 Å². The van der Waals surface area contributed by atoms with Crippen molar-refractivity contribution in [1.29, 1.82) is 0 Å². The first kappa shape index (κ1) is 17.8. The lowest BCUT2D eigenvalue weighted by molar-refractivity contribution is 0.0963. The van der Waals surface area contributed by atoms with Gasteiger partial charge >= 0.3 is 0 Å². The van der Waals surface area contributed by atoms with Crippen molar-refractivity contribution in [3.63, 3.8) is 0 Å². The lowest BCUT2D eigenvalue weighted by Crippen LogP contribution is -2.24. The molecule has 0 saturated heterocycles. The minimum Gasteiger partial charge on any atom is -0.480 e. The van der Waals surface area contributed by atoms with E-state index in [-0.39, 0.29) is 5.78 Å². The molecule has 0 radical (unpaired) electrons. The van der Waals surface area contributed by atoms with Gasteiger partial charge < -0.3 is 4.74 Å². The summed E-state index contributed by atoms with van der Waals surface area (Å²) >= 11 is 12.0. The van der Waals surface area contributed by atoms with E-state index in [1.54, 1.807) is 24.3 Å². The molecule has 27 heavy (non-hydrogen) atoms. The lowest BCUT2D eigenvalue weighted by atomic mass is 9.89. The third kappa shape index (κ3) is 3.64. The van der Waals surface area contributed by atoms with Crippen molar-refractivity contribution in [1.82, 2.24) is 0 Å². The molecular formula is C23H16Cl2O2. The van der Waals surface area contributed by atoms with Crippen LogP contribution in [-0.2, 0) is 0 Å². The van der Waals surface area contributed by atoms with E-state index < -0.39 is 6.10 Å². The fraction of sp³-hybridized carbons (Fsp3) is 0.0870. The summed E-state index contributed by atoms with van der Waals surface area (Å²) < 4.78 is 6.23. The van der Waals surface area contributed by atoms with Crippen LogP contribution in [0, 0.1) is 6.92 Å². The molecule has 2 nitrogen and oxygen atoms in total. The summed E-state index contributed by atoms with van der Waals surface area (Å²) in [6.45, 7) is 1.96. The number of carbonyl (C=O) groups excluding carboxylic acids is 1. The number of ether oxygens (including phenoxy) is 1. The van der Waals surface area contributed by atoms with Crippen LogP contribution in [0.5, 0.6) is 5.75 Å². The molecule has 0 N–H and O–H groups in total. The number of Topliss-reactive ketones (excluding diaryl/α,β-unsaturated/α-hetero) is 1. The molecule has 0 saturated carbocycles. The molecule has 1 heterocycles. The summed E-state index contributed by atoms with van der Waals surface area (Å²) in [5.41, 5.74) is 3.94. The number of benzene rings is 3. The van der Waals surface area contributed by atoms with Crippen LogP contribution in [0.25, 0.3) is 6.08 Å². The molecule has 0 aliphatic carbocycles. The molecule has 1 atom stereocenters. The third-order valence-electron chi connectivity index (χ3n) is 4.53. The van der Waals surface area contributed by atoms with E-state index in [4.69, 9.17) is 27.9 Å².